The Bertz CT molecular complexity index is 959. The van der Waals surface area contributed by atoms with Crippen molar-refractivity contribution in [1.29, 1.82) is 0 Å². The molecule has 1 aliphatic rings. The molecule has 0 N–H and O–H groups in total. The normalized spacial score (nSPS) is 14.9. The molecule has 4 rings (SSSR count). The van der Waals surface area contributed by atoms with Gasteiger partial charge in [-0.3, -0.25) is 14.3 Å². The van der Waals surface area contributed by atoms with Gasteiger partial charge in [0.15, 0.2) is 0 Å². The van der Waals surface area contributed by atoms with Crippen LogP contribution < -0.4 is 5.56 Å². The van der Waals surface area contributed by atoms with Crippen LogP contribution in [-0.2, 0) is 26.1 Å². The molecule has 1 aromatic carbocycles. The zero-order valence-electron chi connectivity index (χ0n) is 14.0. The Balaban J connectivity index is 1.56. The van der Waals surface area contributed by atoms with E-state index in [0.29, 0.717) is 6.54 Å². The number of rotatable bonds is 3. The third-order valence-corrected chi connectivity index (χ3v) is 5.58. The highest BCUT2D eigenvalue weighted by Crippen LogP contribution is 2.25. The average molecular weight is 340 g/mol. The summed E-state index contributed by atoms with van der Waals surface area (Å²) in [5.41, 5.74) is 4.25. The molecule has 1 aliphatic heterocycles. The first-order valence-electron chi connectivity index (χ1n) is 8.29. The van der Waals surface area contributed by atoms with Crippen molar-refractivity contribution >= 4 is 21.6 Å². The van der Waals surface area contributed by atoms with E-state index < -0.39 is 0 Å². The molecule has 0 bridgehead atoms. The molecule has 0 spiro atoms. The second-order valence-electron chi connectivity index (χ2n) is 6.30. The number of benzene rings is 1. The maximum Gasteiger partial charge on any atom is 0.256 e. The fraction of sp³-hybridized carbons (Fsp3) is 0.389. The Morgan fingerprint density at radius 1 is 1.33 bits per heavy atom. The number of fused-ring (bicyclic) bond motifs is 2. The monoisotopic (exact) mass is 340 g/mol. The lowest BCUT2D eigenvalue weighted by atomic mass is 10.1. The molecular weight excluding hydrogens is 320 g/mol. The number of hydrogen-bond donors (Lipinski definition) is 0. The molecule has 0 fully saturated rings. The Hall–Kier alpha value is -2.05. The van der Waals surface area contributed by atoms with Gasteiger partial charge in [0.25, 0.3) is 5.56 Å². The molecule has 0 saturated heterocycles. The second kappa shape index (κ2) is 6.11. The largest absolute Gasteiger partial charge is 0.299 e. The molecule has 0 unspecified atom stereocenters. The first-order valence-corrected chi connectivity index (χ1v) is 9.11. The van der Waals surface area contributed by atoms with E-state index in [-0.39, 0.29) is 5.56 Å². The van der Waals surface area contributed by atoms with Gasteiger partial charge >= 0.3 is 0 Å². The predicted octanol–water partition coefficient (Wildman–Crippen LogP) is 2.74. The van der Waals surface area contributed by atoms with Crippen LogP contribution in [0.5, 0.6) is 0 Å². The topological polar surface area (TPSA) is 51.0 Å². The molecule has 3 heterocycles. The smallest absolute Gasteiger partial charge is 0.256 e. The van der Waals surface area contributed by atoms with E-state index in [2.05, 4.69) is 35.0 Å². The minimum absolute atomic E-state index is 0.123. The van der Waals surface area contributed by atoms with Crippen molar-refractivity contribution in [2.45, 2.75) is 39.9 Å². The van der Waals surface area contributed by atoms with E-state index in [4.69, 9.17) is 4.98 Å². The maximum atomic E-state index is 12.4. The van der Waals surface area contributed by atoms with Gasteiger partial charge in [-0.15, -0.1) is 11.3 Å². The van der Waals surface area contributed by atoms with Crippen LogP contribution >= 0.6 is 11.3 Å². The molecule has 0 radical (unpaired) electrons. The highest BCUT2D eigenvalue weighted by molar-refractivity contribution is 7.18. The van der Waals surface area contributed by atoms with Crippen molar-refractivity contribution in [3.8, 4) is 0 Å². The lowest BCUT2D eigenvalue weighted by Gasteiger charge is -2.26. The van der Waals surface area contributed by atoms with Crippen molar-refractivity contribution in [3.05, 3.63) is 56.7 Å². The molecule has 0 aliphatic carbocycles. The van der Waals surface area contributed by atoms with Gasteiger partial charge in [0.05, 0.1) is 28.8 Å². The number of thiazole rings is 1. The summed E-state index contributed by atoms with van der Waals surface area (Å²) in [7, 11) is 0. The molecule has 2 aromatic heterocycles. The van der Waals surface area contributed by atoms with E-state index in [0.717, 1.165) is 47.8 Å². The van der Waals surface area contributed by atoms with E-state index in [1.165, 1.54) is 10.3 Å². The predicted molar refractivity (Wildman–Crippen MR) is 96.3 cm³/mol. The van der Waals surface area contributed by atoms with E-state index >= 15 is 0 Å². The summed E-state index contributed by atoms with van der Waals surface area (Å²) in [6, 6.07) is 6.41. The SMILES string of the molecule is CCn1cnc2c(c1=O)CCN(Cc1nc3cc(C)ccc3s1)C2. The number of nitrogens with zero attached hydrogens (tertiary/aromatic N) is 4. The molecule has 6 heteroatoms. The summed E-state index contributed by atoms with van der Waals surface area (Å²) in [5.74, 6) is 0. The minimum atomic E-state index is 0.123. The Morgan fingerprint density at radius 2 is 2.21 bits per heavy atom. The fourth-order valence-corrected chi connectivity index (χ4v) is 4.21. The van der Waals surface area contributed by atoms with E-state index in [1.54, 1.807) is 22.2 Å². The second-order valence-corrected chi connectivity index (χ2v) is 7.42. The lowest BCUT2D eigenvalue weighted by molar-refractivity contribution is 0.239. The van der Waals surface area contributed by atoms with Gasteiger partial charge in [0, 0.05) is 25.2 Å². The highest BCUT2D eigenvalue weighted by Gasteiger charge is 2.21. The third-order valence-electron chi connectivity index (χ3n) is 4.56. The zero-order chi connectivity index (χ0) is 16.7. The number of aryl methyl sites for hydroxylation is 2. The summed E-state index contributed by atoms with van der Waals surface area (Å²) in [4.78, 5) is 23.9. The lowest BCUT2D eigenvalue weighted by Crippen LogP contribution is -2.36. The van der Waals surface area contributed by atoms with Crippen LogP contribution in [0, 0.1) is 6.92 Å². The van der Waals surface area contributed by atoms with E-state index in [1.807, 2.05) is 6.92 Å². The maximum absolute atomic E-state index is 12.4. The average Bonchev–Trinajstić information content (AvgIpc) is 2.96. The number of hydrogen-bond acceptors (Lipinski definition) is 5. The van der Waals surface area contributed by atoms with Crippen molar-refractivity contribution in [3.63, 3.8) is 0 Å². The quantitative estimate of drug-likeness (QED) is 0.736. The van der Waals surface area contributed by atoms with Crippen LogP contribution in [-0.4, -0.2) is 26.0 Å². The van der Waals surface area contributed by atoms with Crippen LogP contribution in [0.4, 0.5) is 0 Å². The molecule has 5 nitrogen and oxygen atoms in total. The summed E-state index contributed by atoms with van der Waals surface area (Å²) in [6.07, 6.45) is 2.44. The van der Waals surface area contributed by atoms with Gasteiger partial charge in [-0.2, -0.15) is 0 Å². The molecule has 0 amide bonds. The highest BCUT2D eigenvalue weighted by atomic mass is 32.1. The Morgan fingerprint density at radius 3 is 3.04 bits per heavy atom. The van der Waals surface area contributed by atoms with Crippen molar-refractivity contribution in [2.75, 3.05) is 6.54 Å². The van der Waals surface area contributed by atoms with Crippen LogP contribution in [0.2, 0.25) is 0 Å². The summed E-state index contributed by atoms with van der Waals surface area (Å²) in [6.45, 7) is 7.16. The summed E-state index contributed by atoms with van der Waals surface area (Å²) >= 11 is 1.75. The van der Waals surface area contributed by atoms with Gasteiger partial charge in [-0.1, -0.05) is 6.07 Å². The third kappa shape index (κ3) is 2.76. The first kappa shape index (κ1) is 15.5. The zero-order valence-corrected chi connectivity index (χ0v) is 14.8. The molecule has 0 atom stereocenters. The standard InChI is InChI=1S/C18H20N4OS/c1-3-22-11-19-15-9-21(7-6-13(15)18(22)23)10-17-20-14-8-12(2)4-5-16(14)24-17/h4-5,8,11H,3,6-7,9-10H2,1-2H3. The first-order chi connectivity index (χ1) is 11.6. The molecule has 0 saturated carbocycles. The Kier molecular flexibility index (Phi) is 3.94. The van der Waals surface area contributed by atoms with Gasteiger partial charge in [0.1, 0.15) is 5.01 Å². The van der Waals surface area contributed by atoms with Crippen LogP contribution in [0.1, 0.15) is 28.8 Å². The summed E-state index contributed by atoms with van der Waals surface area (Å²) in [5, 5.41) is 1.13. The van der Waals surface area contributed by atoms with Crippen LogP contribution in [0.3, 0.4) is 0 Å². The van der Waals surface area contributed by atoms with Gasteiger partial charge in [0.2, 0.25) is 0 Å². The van der Waals surface area contributed by atoms with Gasteiger partial charge in [-0.25, -0.2) is 9.97 Å². The molecular formula is C18H20N4OS. The molecule has 24 heavy (non-hydrogen) atoms. The minimum Gasteiger partial charge on any atom is -0.299 e. The Labute approximate surface area is 144 Å². The summed E-state index contributed by atoms with van der Waals surface area (Å²) < 4.78 is 2.92. The van der Waals surface area contributed by atoms with Gasteiger partial charge < -0.3 is 0 Å². The van der Waals surface area contributed by atoms with Crippen LogP contribution in [0.25, 0.3) is 10.2 Å². The van der Waals surface area contributed by atoms with Crippen LogP contribution in [0.15, 0.2) is 29.3 Å². The molecule has 124 valence electrons. The number of aromatic nitrogens is 3. The van der Waals surface area contributed by atoms with Crippen molar-refractivity contribution in [1.82, 2.24) is 19.4 Å². The van der Waals surface area contributed by atoms with Gasteiger partial charge in [-0.05, 0) is 38.0 Å². The van der Waals surface area contributed by atoms with Crippen molar-refractivity contribution in [2.24, 2.45) is 0 Å². The van der Waals surface area contributed by atoms with E-state index in [9.17, 15) is 4.79 Å². The fourth-order valence-electron chi connectivity index (χ4n) is 3.22. The molecule has 3 aromatic rings. The van der Waals surface area contributed by atoms with Crippen molar-refractivity contribution < 1.29 is 0 Å².